The lowest BCUT2D eigenvalue weighted by Gasteiger charge is -2.45. The van der Waals surface area contributed by atoms with Crippen LogP contribution in [-0.2, 0) is 17.3 Å². The lowest BCUT2D eigenvalue weighted by molar-refractivity contribution is 0.590. The van der Waals surface area contributed by atoms with Crippen LogP contribution in [0.1, 0.15) is 75.8 Å². The second kappa shape index (κ2) is 22.9. The summed E-state index contributed by atoms with van der Waals surface area (Å²) in [5, 5.41) is 17.9. The summed E-state index contributed by atoms with van der Waals surface area (Å²) < 4.78 is 52.4. The van der Waals surface area contributed by atoms with Crippen molar-refractivity contribution in [3.63, 3.8) is 0 Å². The van der Waals surface area contributed by atoms with Crippen LogP contribution in [0.15, 0.2) is 295 Å². The van der Waals surface area contributed by atoms with E-state index >= 15 is 0 Å². The maximum atomic E-state index is 10.7. The molecule has 20 rings (SSSR count). The van der Waals surface area contributed by atoms with Gasteiger partial charge in [0.25, 0.3) is 6.71 Å². The van der Waals surface area contributed by atoms with Gasteiger partial charge < -0.3 is 23.4 Å². The first-order valence-electron chi connectivity index (χ1n) is 37.6. The third-order valence-electron chi connectivity index (χ3n) is 21.8. The minimum atomic E-state index is -0.401. The highest BCUT2D eigenvalue weighted by molar-refractivity contribution is 7.26. The molecule has 0 radical (unpaired) electrons. The molecule has 0 saturated heterocycles. The van der Waals surface area contributed by atoms with Crippen LogP contribution in [-0.4, -0.2) is 15.8 Å². The number of rotatable bonds is 7. The van der Waals surface area contributed by atoms with Gasteiger partial charge in [0.05, 0.1) is 39.5 Å². The molecule has 103 heavy (non-hydrogen) atoms. The Hall–Kier alpha value is -12.1. The standard InChI is InChI=1S/C95H70BN5OS/c1-94(2,3)62-40-46-81(72(53-62)59-25-9-7-10-26-59)100-83-55-64(98-77-35-19-14-29-67(77)68-30-15-20-36-78(68)98)42-44-75(83)96-76-45-43-65(99-79-37-21-16-31-69(79)74-50-58(57-97)24-13-18-38-80(74)99)56-84(76)101(82-47-41-63(95(4,5)6)54-73(82)60-27-11-8-12-28-60)86-52-61(51-85(100)92(86)96)66-33-23-34-71-90-87(102-93(66)71)48-49-89-91(90)70-32-17-22-39-88(70)103-89/h7-23,25-37,39-56H,24,38H2,1-6H3/b18-13-,58-50+/i16D,21D,31D,37D. The van der Waals surface area contributed by atoms with Crippen LogP contribution in [0, 0.1) is 11.3 Å². The number of allylic oxidation sites excluding steroid dienone is 3. The maximum Gasteiger partial charge on any atom is 0.252 e. The van der Waals surface area contributed by atoms with Crippen LogP contribution >= 0.6 is 11.3 Å². The first-order chi connectivity index (χ1) is 52.0. The highest BCUT2D eigenvalue weighted by Gasteiger charge is 2.45. The Morgan fingerprint density at radius 2 is 1.01 bits per heavy atom. The smallest absolute Gasteiger partial charge is 0.252 e. The highest BCUT2D eigenvalue weighted by Crippen LogP contribution is 2.53. The van der Waals surface area contributed by atoms with E-state index in [0.717, 1.165) is 128 Å². The van der Waals surface area contributed by atoms with E-state index in [4.69, 9.17) is 5.79 Å². The van der Waals surface area contributed by atoms with Crippen LogP contribution in [0.25, 0.3) is 126 Å². The molecule has 13 aromatic carbocycles. The van der Waals surface area contributed by atoms with E-state index in [1.54, 1.807) is 0 Å². The fraction of sp³-hybridized carbons (Fsp3) is 0.105. The Bertz CT molecular complexity index is 6760. The number of thiophene rings is 1. The van der Waals surface area contributed by atoms with Crippen LogP contribution in [0.3, 0.4) is 0 Å². The molecular weight excluding hydrogens is 1270 g/mol. The van der Waals surface area contributed by atoms with Crippen molar-refractivity contribution < 1.29 is 9.90 Å². The van der Waals surface area contributed by atoms with Crippen molar-refractivity contribution in [2.75, 3.05) is 9.80 Å². The summed E-state index contributed by atoms with van der Waals surface area (Å²) in [4.78, 5) is 5.08. The van der Waals surface area contributed by atoms with Crippen LogP contribution in [0.4, 0.5) is 34.1 Å². The maximum absolute atomic E-state index is 10.7. The number of fused-ring (bicyclic) bond motifs is 17. The average Bonchev–Trinajstić information content (AvgIpc) is 1.09. The molecule has 0 saturated carbocycles. The van der Waals surface area contributed by atoms with E-state index in [2.05, 4.69) is 321 Å². The Morgan fingerprint density at radius 3 is 1.63 bits per heavy atom. The topological polar surface area (TPSA) is 53.3 Å². The second-order valence-corrected chi connectivity index (χ2v) is 30.9. The average molecular weight is 1340 g/mol. The van der Waals surface area contributed by atoms with Gasteiger partial charge in [-0.05, 0) is 158 Å². The van der Waals surface area contributed by atoms with Crippen molar-refractivity contribution >= 4 is 149 Å². The van der Waals surface area contributed by atoms with E-state index in [-0.39, 0.29) is 35.0 Å². The number of hydrogen-bond donors (Lipinski definition) is 0. The fourth-order valence-electron chi connectivity index (χ4n) is 17.0. The molecule has 6 nitrogen and oxygen atoms in total. The number of hydrogen-bond acceptors (Lipinski definition) is 5. The Labute approximate surface area is 608 Å². The van der Waals surface area contributed by atoms with Crippen molar-refractivity contribution in [2.45, 2.75) is 65.2 Å². The van der Waals surface area contributed by atoms with Gasteiger partial charge >= 0.3 is 0 Å². The van der Waals surface area contributed by atoms with Crippen molar-refractivity contribution in [2.24, 2.45) is 0 Å². The Kier molecular flexibility index (Phi) is 12.6. The van der Waals surface area contributed by atoms with Crippen molar-refractivity contribution in [1.82, 2.24) is 9.13 Å². The van der Waals surface area contributed by atoms with Gasteiger partial charge in [-0.3, -0.25) is 0 Å². The summed E-state index contributed by atoms with van der Waals surface area (Å²) in [7, 11) is 0. The lowest BCUT2D eigenvalue weighted by atomic mass is 9.33. The van der Waals surface area contributed by atoms with E-state index < -0.39 is 6.71 Å². The molecule has 6 heterocycles. The molecule has 8 heteroatoms. The Morgan fingerprint density at radius 1 is 0.447 bits per heavy atom. The summed E-state index contributed by atoms with van der Waals surface area (Å²) in [5.41, 5.74) is 25.0. The molecular formula is C95H70BN5OS. The molecule has 4 aromatic heterocycles. The molecule has 490 valence electrons. The molecule has 0 bridgehead atoms. The monoisotopic (exact) mass is 1340 g/mol. The number of benzene rings is 13. The summed E-state index contributed by atoms with van der Waals surface area (Å²) in [6.07, 6.45) is 6.73. The van der Waals surface area contributed by atoms with Crippen LogP contribution < -0.4 is 26.2 Å². The number of nitriles is 1. The van der Waals surface area contributed by atoms with Gasteiger partial charge in [0.2, 0.25) is 0 Å². The summed E-state index contributed by atoms with van der Waals surface area (Å²) >= 11 is 1.81. The van der Waals surface area contributed by atoms with E-state index in [1.165, 1.54) is 42.1 Å². The molecule has 0 fully saturated rings. The van der Waals surface area contributed by atoms with Gasteiger partial charge in [-0.1, -0.05) is 230 Å². The number of para-hydroxylation sites is 4. The van der Waals surface area contributed by atoms with Gasteiger partial charge in [-0.25, -0.2) is 0 Å². The molecule has 0 spiro atoms. The number of furan rings is 1. The normalized spacial score (nSPS) is 15.0. The van der Waals surface area contributed by atoms with E-state index in [0.29, 0.717) is 40.6 Å². The minimum Gasteiger partial charge on any atom is -0.455 e. The molecule has 2 aliphatic heterocycles. The number of nitrogens with zero attached hydrogens (tertiary/aromatic N) is 5. The molecule has 0 unspecified atom stereocenters. The van der Waals surface area contributed by atoms with Crippen LogP contribution in [0.5, 0.6) is 0 Å². The highest BCUT2D eigenvalue weighted by atomic mass is 32.1. The molecule has 0 N–H and O–H groups in total. The van der Waals surface area contributed by atoms with Gasteiger partial charge in [0.1, 0.15) is 11.2 Å². The first kappa shape index (κ1) is 56.6. The zero-order valence-electron chi connectivity index (χ0n) is 61.9. The summed E-state index contributed by atoms with van der Waals surface area (Å²) in [6, 6.07) is 93.1. The molecule has 17 aromatic rings. The Balaban J connectivity index is 0.962. The lowest BCUT2D eigenvalue weighted by Crippen LogP contribution is -2.61. The number of aromatic nitrogens is 2. The molecule has 0 amide bonds. The predicted molar refractivity (Wildman–Crippen MR) is 437 cm³/mol. The third kappa shape index (κ3) is 9.38. The summed E-state index contributed by atoms with van der Waals surface area (Å²) in [5.74, 6) is 0. The van der Waals surface area contributed by atoms with E-state index in [9.17, 15) is 9.37 Å². The molecule has 0 atom stereocenters. The van der Waals surface area contributed by atoms with Gasteiger partial charge in [-0.15, -0.1) is 11.3 Å². The number of anilines is 6. The fourth-order valence-corrected chi connectivity index (χ4v) is 18.1. The van der Waals surface area contributed by atoms with Crippen molar-refractivity contribution in [1.29, 1.82) is 5.26 Å². The quantitative estimate of drug-likeness (QED) is 0.118. The first-order valence-corrected chi connectivity index (χ1v) is 36.4. The zero-order chi connectivity index (χ0) is 72.6. The van der Waals surface area contributed by atoms with Crippen LogP contribution in [0.2, 0.25) is 0 Å². The third-order valence-corrected chi connectivity index (χ3v) is 23.0. The van der Waals surface area contributed by atoms with Crippen molar-refractivity contribution in [3.8, 4) is 50.8 Å². The minimum absolute atomic E-state index is 0.145. The van der Waals surface area contributed by atoms with E-state index in [1.807, 2.05) is 23.5 Å². The summed E-state index contributed by atoms with van der Waals surface area (Å²) in [6.45, 7) is 13.3. The van der Waals surface area contributed by atoms with Gasteiger partial charge in [0.15, 0.2) is 0 Å². The SMILES string of the molecule is [2H]c1c([2H])c([2H])c2c(c1[2H])c1c(n2-c2ccc3c(c2)N(c2ccc(C(C)(C)C)cc2-c2ccccc2)c2cc(-c4cccc5c4oc4ccc6sc7ccccc7c6c45)cc4c2B3c2ccc(-n3c5ccccc5c5ccccc53)cc2N4c2ccc(C(C)(C)C)cc2-c2ccccc2)C/C=C\C/C(C#N)=C\1. The second-order valence-electron chi connectivity index (χ2n) is 29.9. The van der Waals surface area contributed by atoms with Gasteiger partial charge in [-0.2, -0.15) is 5.26 Å². The molecule has 3 aliphatic rings. The largest absolute Gasteiger partial charge is 0.455 e. The predicted octanol–water partition coefficient (Wildman–Crippen LogP) is 24.1. The zero-order valence-corrected chi connectivity index (χ0v) is 58.8. The van der Waals surface area contributed by atoms with Crippen molar-refractivity contribution in [3.05, 3.63) is 313 Å². The van der Waals surface area contributed by atoms with Gasteiger partial charge in [0, 0.05) is 128 Å². The molecule has 1 aliphatic carbocycles.